The molecular formula is C18H23NO3. The molecule has 4 heteroatoms. The van der Waals surface area contributed by atoms with Crippen molar-refractivity contribution in [3.05, 3.63) is 48.0 Å². The molecule has 0 radical (unpaired) electrons. The number of benzene rings is 2. The summed E-state index contributed by atoms with van der Waals surface area (Å²) in [5.74, 6) is 1.45. The fraction of sp³-hybridized carbons (Fsp3) is 0.333. The van der Waals surface area contributed by atoms with E-state index in [0.717, 1.165) is 41.2 Å². The van der Waals surface area contributed by atoms with Crippen molar-refractivity contribution >= 4 is 0 Å². The van der Waals surface area contributed by atoms with Crippen molar-refractivity contribution in [3.8, 4) is 22.6 Å². The Labute approximate surface area is 131 Å². The van der Waals surface area contributed by atoms with E-state index in [0.29, 0.717) is 6.54 Å². The van der Waals surface area contributed by atoms with Crippen LogP contribution < -0.4 is 14.8 Å². The first kappa shape index (κ1) is 16.3. The number of aliphatic hydroxyl groups excluding tert-OH is 1. The summed E-state index contributed by atoms with van der Waals surface area (Å²) in [5, 5.41) is 12.2. The number of rotatable bonds is 8. The average Bonchev–Trinajstić information content (AvgIpc) is 2.58. The Hall–Kier alpha value is -2.04. The Kier molecular flexibility index (Phi) is 6.25. The highest BCUT2D eigenvalue weighted by Crippen LogP contribution is 2.35. The molecule has 4 nitrogen and oxygen atoms in total. The van der Waals surface area contributed by atoms with Crippen LogP contribution in [0.5, 0.6) is 11.5 Å². The van der Waals surface area contributed by atoms with Crippen molar-refractivity contribution in [2.24, 2.45) is 0 Å². The molecule has 0 aliphatic heterocycles. The van der Waals surface area contributed by atoms with Crippen molar-refractivity contribution in [1.82, 2.24) is 5.32 Å². The van der Waals surface area contributed by atoms with Crippen LogP contribution >= 0.6 is 0 Å². The zero-order chi connectivity index (χ0) is 15.8. The van der Waals surface area contributed by atoms with Gasteiger partial charge in [-0.15, -0.1) is 0 Å². The lowest BCUT2D eigenvalue weighted by Crippen LogP contribution is -2.16. The molecule has 0 saturated heterocycles. The molecular weight excluding hydrogens is 278 g/mol. The maximum Gasteiger partial charge on any atom is 0.161 e. The van der Waals surface area contributed by atoms with Crippen molar-refractivity contribution in [1.29, 1.82) is 0 Å². The van der Waals surface area contributed by atoms with Gasteiger partial charge in [0.05, 0.1) is 14.2 Å². The molecule has 0 aliphatic rings. The summed E-state index contributed by atoms with van der Waals surface area (Å²) in [5.41, 5.74) is 3.40. The summed E-state index contributed by atoms with van der Waals surface area (Å²) in [7, 11) is 3.29. The van der Waals surface area contributed by atoms with E-state index in [1.165, 1.54) is 0 Å². The Morgan fingerprint density at radius 1 is 1.00 bits per heavy atom. The lowest BCUT2D eigenvalue weighted by Gasteiger charge is -2.16. The van der Waals surface area contributed by atoms with Gasteiger partial charge >= 0.3 is 0 Å². The zero-order valence-electron chi connectivity index (χ0n) is 13.1. The maximum absolute atomic E-state index is 8.87. The van der Waals surface area contributed by atoms with Gasteiger partial charge in [-0.3, -0.25) is 0 Å². The normalized spacial score (nSPS) is 10.5. The number of ether oxygens (including phenoxy) is 2. The van der Waals surface area contributed by atoms with Crippen molar-refractivity contribution in [3.63, 3.8) is 0 Å². The summed E-state index contributed by atoms with van der Waals surface area (Å²) < 4.78 is 10.8. The van der Waals surface area contributed by atoms with E-state index in [2.05, 4.69) is 17.4 Å². The van der Waals surface area contributed by atoms with Gasteiger partial charge in [0, 0.05) is 13.2 Å². The second kappa shape index (κ2) is 8.41. The van der Waals surface area contributed by atoms with E-state index in [-0.39, 0.29) is 6.61 Å². The molecule has 0 amide bonds. The molecule has 0 atom stereocenters. The molecule has 2 aromatic rings. The van der Waals surface area contributed by atoms with Gasteiger partial charge in [-0.05, 0) is 41.8 Å². The molecule has 2 rings (SSSR count). The summed E-state index contributed by atoms with van der Waals surface area (Å²) in [6.45, 7) is 1.69. The van der Waals surface area contributed by atoms with E-state index in [1.54, 1.807) is 14.2 Å². The molecule has 0 unspecified atom stereocenters. The van der Waals surface area contributed by atoms with E-state index < -0.39 is 0 Å². The minimum atomic E-state index is 0.199. The van der Waals surface area contributed by atoms with Gasteiger partial charge in [-0.2, -0.15) is 0 Å². The van der Waals surface area contributed by atoms with Gasteiger partial charge in [0.15, 0.2) is 11.5 Å². The largest absolute Gasteiger partial charge is 0.493 e. The van der Waals surface area contributed by atoms with Crippen LogP contribution in [0.25, 0.3) is 11.1 Å². The molecule has 0 heterocycles. The van der Waals surface area contributed by atoms with Crippen LogP contribution in [-0.4, -0.2) is 32.5 Å². The van der Waals surface area contributed by atoms with Crippen molar-refractivity contribution in [2.75, 3.05) is 27.4 Å². The van der Waals surface area contributed by atoms with Crippen LogP contribution in [0.3, 0.4) is 0 Å². The third-order valence-electron chi connectivity index (χ3n) is 3.52. The van der Waals surface area contributed by atoms with Crippen LogP contribution in [0.4, 0.5) is 0 Å². The lowest BCUT2D eigenvalue weighted by atomic mass is 9.98. The Balaban J connectivity index is 2.35. The quantitative estimate of drug-likeness (QED) is 0.736. The summed E-state index contributed by atoms with van der Waals surface area (Å²) >= 11 is 0. The standard InChI is InChI=1S/C18H23NO3/c1-21-17-11-15(13-19-9-6-10-20)16(12-18(17)22-2)14-7-4-3-5-8-14/h3-5,7-8,11-12,19-20H,6,9-10,13H2,1-2H3. The second-order valence-corrected chi connectivity index (χ2v) is 4.98. The zero-order valence-corrected chi connectivity index (χ0v) is 13.1. The van der Waals surface area contributed by atoms with Crippen LogP contribution in [0.1, 0.15) is 12.0 Å². The molecule has 0 bridgehead atoms. The van der Waals surface area contributed by atoms with Gasteiger partial charge in [0.2, 0.25) is 0 Å². The highest BCUT2D eigenvalue weighted by molar-refractivity contribution is 5.71. The first-order valence-corrected chi connectivity index (χ1v) is 7.42. The fourth-order valence-electron chi connectivity index (χ4n) is 2.38. The molecule has 0 saturated carbocycles. The molecule has 118 valence electrons. The average molecular weight is 301 g/mol. The van der Waals surface area contributed by atoms with Gasteiger partial charge in [-0.1, -0.05) is 30.3 Å². The number of aliphatic hydroxyl groups is 1. The number of methoxy groups -OCH3 is 2. The van der Waals surface area contributed by atoms with E-state index >= 15 is 0 Å². The monoisotopic (exact) mass is 301 g/mol. The number of hydrogen-bond acceptors (Lipinski definition) is 4. The SMILES string of the molecule is COc1cc(CNCCCO)c(-c2ccccc2)cc1OC. The summed E-state index contributed by atoms with van der Waals surface area (Å²) in [4.78, 5) is 0. The summed E-state index contributed by atoms with van der Waals surface area (Å²) in [6, 6.07) is 14.2. The topological polar surface area (TPSA) is 50.7 Å². The van der Waals surface area contributed by atoms with Crippen molar-refractivity contribution in [2.45, 2.75) is 13.0 Å². The first-order chi connectivity index (χ1) is 10.8. The maximum atomic E-state index is 8.87. The first-order valence-electron chi connectivity index (χ1n) is 7.42. The fourth-order valence-corrected chi connectivity index (χ4v) is 2.38. The van der Waals surface area contributed by atoms with E-state index in [9.17, 15) is 0 Å². The third kappa shape index (κ3) is 4.00. The molecule has 0 fully saturated rings. The smallest absolute Gasteiger partial charge is 0.161 e. The van der Waals surface area contributed by atoms with Crippen molar-refractivity contribution < 1.29 is 14.6 Å². The predicted octanol–water partition coefficient (Wildman–Crippen LogP) is 2.84. The van der Waals surface area contributed by atoms with Crippen LogP contribution in [-0.2, 0) is 6.54 Å². The van der Waals surface area contributed by atoms with Gasteiger partial charge in [-0.25, -0.2) is 0 Å². The van der Waals surface area contributed by atoms with E-state index in [4.69, 9.17) is 14.6 Å². The number of nitrogens with one attached hydrogen (secondary N) is 1. The highest BCUT2D eigenvalue weighted by atomic mass is 16.5. The highest BCUT2D eigenvalue weighted by Gasteiger charge is 2.12. The Morgan fingerprint density at radius 3 is 2.32 bits per heavy atom. The van der Waals surface area contributed by atoms with Gasteiger partial charge in [0.25, 0.3) is 0 Å². The third-order valence-corrected chi connectivity index (χ3v) is 3.52. The second-order valence-electron chi connectivity index (χ2n) is 4.98. The van der Waals surface area contributed by atoms with Gasteiger partial charge < -0.3 is 19.9 Å². The minimum absolute atomic E-state index is 0.199. The minimum Gasteiger partial charge on any atom is -0.493 e. The molecule has 22 heavy (non-hydrogen) atoms. The van der Waals surface area contributed by atoms with Crippen LogP contribution in [0.2, 0.25) is 0 Å². The molecule has 2 aromatic carbocycles. The molecule has 0 spiro atoms. The molecule has 0 aliphatic carbocycles. The lowest BCUT2D eigenvalue weighted by molar-refractivity contribution is 0.286. The van der Waals surface area contributed by atoms with Crippen LogP contribution in [0.15, 0.2) is 42.5 Å². The number of hydrogen-bond donors (Lipinski definition) is 2. The summed E-state index contributed by atoms with van der Waals surface area (Å²) in [6.07, 6.45) is 0.744. The molecule has 0 aromatic heterocycles. The van der Waals surface area contributed by atoms with Crippen LogP contribution in [0, 0.1) is 0 Å². The Bertz CT molecular complexity index is 584. The van der Waals surface area contributed by atoms with E-state index in [1.807, 2.05) is 30.3 Å². The molecule has 2 N–H and O–H groups in total. The predicted molar refractivity (Wildman–Crippen MR) is 88.4 cm³/mol. The Morgan fingerprint density at radius 2 is 1.68 bits per heavy atom. The van der Waals surface area contributed by atoms with Gasteiger partial charge in [0.1, 0.15) is 0 Å².